The fourth-order valence-electron chi connectivity index (χ4n) is 1.75. The lowest BCUT2D eigenvalue weighted by Gasteiger charge is -2.08. The molecule has 0 spiro atoms. The molecule has 0 saturated carbocycles. The summed E-state index contributed by atoms with van der Waals surface area (Å²) in [4.78, 5) is 24.7. The van der Waals surface area contributed by atoms with Crippen molar-refractivity contribution in [2.24, 2.45) is 5.73 Å². The summed E-state index contributed by atoms with van der Waals surface area (Å²) in [5.74, 6) is -0.707. The van der Waals surface area contributed by atoms with E-state index < -0.39 is 0 Å². The summed E-state index contributed by atoms with van der Waals surface area (Å²) >= 11 is 0. The van der Waals surface area contributed by atoms with Gasteiger partial charge in [0.1, 0.15) is 5.84 Å². The molecule has 0 atom stereocenters. The Balaban J connectivity index is 2.56. The number of nitrogens with zero attached hydrogens (tertiary/aromatic N) is 1. The van der Waals surface area contributed by atoms with Crippen molar-refractivity contribution in [3.8, 4) is 0 Å². The highest BCUT2D eigenvalue weighted by Crippen LogP contribution is 2.23. The van der Waals surface area contributed by atoms with Crippen LogP contribution in [0.2, 0.25) is 0 Å². The molecule has 0 radical (unpaired) electrons. The number of imide groups is 1. The lowest BCUT2D eigenvalue weighted by Crippen LogP contribution is -2.29. The molecule has 1 heterocycles. The number of nitrogen functional groups attached to an aromatic ring is 1. The zero-order valence-electron chi connectivity index (χ0n) is 8.78. The van der Waals surface area contributed by atoms with E-state index in [1.165, 1.54) is 11.0 Å². The van der Waals surface area contributed by atoms with Crippen molar-refractivity contribution in [1.82, 2.24) is 4.90 Å². The quantitative estimate of drug-likeness (QED) is 0.431. The first kappa shape index (κ1) is 10.4. The van der Waals surface area contributed by atoms with Gasteiger partial charge < -0.3 is 5.73 Å². The summed E-state index contributed by atoms with van der Waals surface area (Å²) < 4.78 is 0. The van der Waals surface area contributed by atoms with Gasteiger partial charge in [0, 0.05) is 12.1 Å². The molecule has 0 bridgehead atoms. The second-order valence-corrected chi connectivity index (χ2v) is 3.53. The van der Waals surface area contributed by atoms with E-state index in [-0.39, 0.29) is 17.6 Å². The van der Waals surface area contributed by atoms with Gasteiger partial charge in [0.2, 0.25) is 0 Å². The molecule has 5 nitrogen and oxygen atoms in total. The van der Waals surface area contributed by atoms with E-state index >= 15 is 0 Å². The highest BCUT2D eigenvalue weighted by Gasteiger charge is 2.34. The third-order valence-electron chi connectivity index (χ3n) is 2.60. The summed E-state index contributed by atoms with van der Waals surface area (Å²) in [6, 6.07) is 4.61. The first-order valence-corrected chi connectivity index (χ1v) is 4.91. The molecule has 2 amide bonds. The summed E-state index contributed by atoms with van der Waals surface area (Å²) in [6.45, 7) is 2.09. The second kappa shape index (κ2) is 3.44. The zero-order chi connectivity index (χ0) is 11.9. The van der Waals surface area contributed by atoms with Gasteiger partial charge in [0.05, 0.1) is 11.1 Å². The molecule has 0 saturated heterocycles. The summed E-state index contributed by atoms with van der Waals surface area (Å²) in [7, 11) is 0. The van der Waals surface area contributed by atoms with E-state index in [1.807, 2.05) is 0 Å². The molecular weight excluding hydrogens is 206 g/mol. The Hall–Kier alpha value is -2.17. The predicted molar refractivity (Wildman–Crippen MR) is 58.5 cm³/mol. The highest BCUT2D eigenvalue weighted by molar-refractivity contribution is 6.22. The van der Waals surface area contributed by atoms with Gasteiger partial charge >= 0.3 is 0 Å². The van der Waals surface area contributed by atoms with Crippen LogP contribution in [0.1, 0.15) is 33.2 Å². The average molecular weight is 217 g/mol. The number of amides is 2. The smallest absolute Gasteiger partial charge is 0.261 e. The number of hydrogen-bond acceptors (Lipinski definition) is 3. The van der Waals surface area contributed by atoms with E-state index in [0.29, 0.717) is 23.2 Å². The van der Waals surface area contributed by atoms with Crippen molar-refractivity contribution in [2.75, 3.05) is 6.54 Å². The average Bonchev–Trinajstić information content (AvgIpc) is 2.51. The molecule has 3 N–H and O–H groups in total. The molecule has 1 aromatic carbocycles. The van der Waals surface area contributed by atoms with E-state index in [4.69, 9.17) is 11.1 Å². The molecule has 82 valence electrons. The topological polar surface area (TPSA) is 87.2 Å². The Morgan fingerprint density at radius 1 is 1.31 bits per heavy atom. The molecule has 1 aliphatic rings. The van der Waals surface area contributed by atoms with Crippen LogP contribution in [0, 0.1) is 5.41 Å². The molecule has 2 rings (SSSR count). The summed E-state index contributed by atoms with van der Waals surface area (Å²) in [5, 5.41) is 7.28. The number of nitrogens with one attached hydrogen (secondary N) is 1. The van der Waals surface area contributed by atoms with Gasteiger partial charge in [0.25, 0.3) is 11.8 Å². The van der Waals surface area contributed by atoms with Crippen molar-refractivity contribution in [3.63, 3.8) is 0 Å². The third kappa shape index (κ3) is 1.29. The van der Waals surface area contributed by atoms with Crippen molar-refractivity contribution < 1.29 is 9.59 Å². The normalized spacial score (nSPS) is 14.2. The number of nitrogens with two attached hydrogens (primary N) is 1. The van der Waals surface area contributed by atoms with Crippen LogP contribution in [-0.4, -0.2) is 29.1 Å². The largest absolute Gasteiger partial charge is 0.384 e. The Bertz CT molecular complexity index is 508. The van der Waals surface area contributed by atoms with E-state index in [9.17, 15) is 9.59 Å². The van der Waals surface area contributed by atoms with Crippen molar-refractivity contribution >= 4 is 17.6 Å². The molecule has 0 unspecified atom stereocenters. The number of amidine groups is 1. The Morgan fingerprint density at radius 2 is 1.94 bits per heavy atom. The number of fused-ring (bicyclic) bond motifs is 1. The highest BCUT2D eigenvalue weighted by atomic mass is 16.2. The number of rotatable bonds is 2. The minimum atomic E-state index is -0.314. The first-order valence-electron chi connectivity index (χ1n) is 4.91. The SMILES string of the molecule is CCN1C(=O)c2ccc(C(=N)N)cc2C1=O. The summed E-state index contributed by atoms with van der Waals surface area (Å²) in [5.41, 5.74) is 6.50. The molecule has 1 aliphatic heterocycles. The van der Waals surface area contributed by atoms with E-state index in [1.54, 1.807) is 19.1 Å². The Labute approximate surface area is 92.4 Å². The maximum Gasteiger partial charge on any atom is 0.261 e. The third-order valence-corrected chi connectivity index (χ3v) is 2.60. The van der Waals surface area contributed by atoms with Crippen molar-refractivity contribution in [1.29, 1.82) is 5.41 Å². The minimum absolute atomic E-state index is 0.113. The van der Waals surface area contributed by atoms with Crippen LogP contribution in [0.15, 0.2) is 18.2 Å². The molecule has 0 aliphatic carbocycles. The molecule has 0 fully saturated rings. The van der Waals surface area contributed by atoms with Gasteiger partial charge in [-0.1, -0.05) is 6.07 Å². The number of carbonyl (C=O) groups excluding carboxylic acids is 2. The lowest BCUT2D eigenvalue weighted by molar-refractivity contribution is 0.0663. The van der Waals surface area contributed by atoms with Gasteiger partial charge in [-0.15, -0.1) is 0 Å². The molecular formula is C11H11N3O2. The van der Waals surface area contributed by atoms with Crippen LogP contribution in [0.3, 0.4) is 0 Å². The van der Waals surface area contributed by atoms with E-state index in [0.717, 1.165) is 0 Å². The van der Waals surface area contributed by atoms with Crippen molar-refractivity contribution in [3.05, 3.63) is 34.9 Å². The Kier molecular flexibility index (Phi) is 2.23. The number of benzene rings is 1. The van der Waals surface area contributed by atoms with Crippen LogP contribution in [0.5, 0.6) is 0 Å². The van der Waals surface area contributed by atoms with Crippen LogP contribution >= 0.6 is 0 Å². The first-order chi connectivity index (χ1) is 7.56. The van der Waals surface area contributed by atoms with E-state index in [2.05, 4.69) is 0 Å². The number of carbonyl (C=O) groups is 2. The van der Waals surface area contributed by atoms with Gasteiger partial charge in [-0.2, -0.15) is 0 Å². The van der Waals surface area contributed by atoms with Crippen molar-refractivity contribution in [2.45, 2.75) is 6.92 Å². The van der Waals surface area contributed by atoms with Crippen LogP contribution in [0.25, 0.3) is 0 Å². The second-order valence-electron chi connectivity index (χ2n) is 3.53. The molecule has 0 aromatic heterocycles. The van der Waals surface area contributed by atoms with Gasteiger partial charge in [0.15, 0.2) is 0 Å². The maximum absolute atomic E-state index is 11.8. The fraction of sp³-hybridized carbons (Fsp3) is 0.182. The molecule has 5 heteroatoms. The lowest BCUT2D eigenvalue weighted by atomic mass is 10.1. The van der Waals surface area contributed by atoms with Crippen LogP contribution < -0.4 is 5.73 Å². The van der Waals surface area contributed by atoms with Crippen LogP contribution in [-0.2, 0) is 0 Å². The zero-order valence-corrected chi connectivity index (χ0v) is 8.78. The Morgan fingerprint density at radius 3 is 2.50 bits per heavy atom. The number of hydrogen-bond donors (Lipinski definition) is 2. The van der Waals surface area contributed by atoms with Crippen LogP contribution in [0.4, 0.5) is 0 Å². The summed E-state index contributed by atoms with van der Waals surface area (Å²) in [6.07, 6.45) is 0. The maximum atomic E-state index is 11.8. The molecule has 16 heavy (non-hydrogen) atoms. The fourth-order valence-corrected chi connectivity index (χ4v) is 1.75. The monoisotopic (exact) mass is 217 g/mol. The van der Waals surface area contributed by atoms with Gasteiger partial charge in [-0.3, -0.25) is 19.9 Å². The predicted octanol–water partition coefficient (Wildman–Crippen LogP) is 0.587. The van der Waals surface area contributed by atoms with Gasteiger partial charge in [-0.05, 0) is 19.1 Å². The van der Waals surface area contributed by atoms with Gasteiger partial charge in [-0.25, -0.2) is 0 Å². The standard InChI is InChI=1S/C11H11N3O2/c1-2-14-10(15)7-4-3-6(9(12)13)5-8(7)11(14)16/h3-5H,2H2,1H3,(H3,12,13). The molecule has 1 aromatic rings. The minimum Gasteiger partial charge on any atom is -0.384 e.